The summed E-state index contributed by atoms with van der Waals surface area (Å²) in [5.41, 5.74) is 5.37. The molecule has 0 heterocycles. The Balaban J connectivity index is 1.80. The Morgan fingerprint density at radius 1 is 1.16 bits per heavy atom. The highest BCUT2D eigenvalue weighted by Gasteiger charge is 2.14. The Hall–Kier alpha value is -2.67. The number of carbonyl (C=O) groups excluding carboxylic acids is 2. The Morgan fingerprint density at radius 3 is 2.56 bits per heavy atom. The molecule has 0 aliphatic carbocycles. The molecule has 0 unspecified atom stereocenters. The van der Waals surface area contributed by atoms with Crippen LogP contribution < -0.4 is 15.6 Å². The zero-order valence-electron chi connectivity index (χ0n) is 13.3. The quantitative estimate of drug-likeness (QED) is 0.591. The van der Waals surface area contributed by atoms with Crippen LogP contribution in [0.15, 0.2) is 59.1 Å². The molecule has 0 aromatic heterocycles. The summed E-state index contributed by atoms with van der Waals surface area (Å²) in [6.07, 6.45) is 2.05. The standard InChI is InChI=1S/C18H16BrFN2O3/c1-12(25-16-8-6-15(20)7-9-16)18(24)22-21-17(23)10-5-13-3-2-4-14(19)11-13/h2-12H,1H3,(H,21,23)(H,22,24)/b10-5+/t12-/m1/s1. The van der Waals surface area contributed by atoms with E-state index in [0.717, 1.165) is 10.0 Å². The van der Waals surface area contributed by atoms with Crippen molar-refractivity contribution >= 4 is 33.8 Å². The normalized spacial score (nSPS) is 11.8. The van der Waals surface area contributed by atoms with Crippen LogP contribution in [0.3, 0.4) is 0 Å². The van der Waals surface area contributed by atoms with Gasteiger partial charge in [0.1, 0.15) is 11.6 Å². The van der Waals surface area contributed by atoms with Crippen molar-refractivity contribution in [2.75, 3.05) is 0 Å². The van der Waals surface area contributed by atoms with Crippen molar-refractivity contribution in [3.8, 4) is 5.75 Å². The van der Waals surface area contributed by atoms with Gasteiger partial charge in [-0.05, 0) is 55.0 Å². The zero-order valence-corrected chi connectivity index (χ0v) is 14.9. The molecular formula is C18H16BrFN2O3. The van der Waals surface area contributed by atoms with E-state index in [4.69, 9.17) is 4.74 Å². The van der Waals surface area contributed by atoms with E-state index < -0.39 is 23.7 Å². The third-order valence-corrected chi connectivity index (χ3v) is 3.57. The highest BCUT2D eigenvalue weighted by Crippen LogP contribution is 2.13. The molecule has 1 atom stereocenters. The summed E-state index contributed by atoms with van der Waals surface area (Å²) in [7, 11) is 0. The van der Waals surface area contributed by atoms with E-state index in [9.17, 15) is 14.0 Å². The molecule has 0 saturated heterocycles. The lowest BCUT2D eigenvalue weighted by Gasteiger charge is -2.14. The first-order valence-electron chi connectivity index (χ1n) is 7.40. The number of carbonyl (C=O) groups is 2. The maximum absolute atomic E-state index is 12.8. The van der Waals surface area contributed by atoms with E-state index in [-0.39, 0.29) is 0 Å². The minimum Gasteiger partial charge on any atom is -0.481 e. The van der Waals surface area contributed by atoms with Crippen molar-refractivity contribution in [2.45, 2.75) is 13.0 Å². The van der Waals surface area contributed by atoms with Gasteiger partial charge in [0.2, 0.25) is 0 Å². The number of hydrazine groups is 1. The predicted molar refractivity (Wildman–Crippen MR) is 96.0 cm³/mol. The van der Waals surface area contributed by atoms with Crippen molar-refractivity contribution < 1.29 is 18.7 Å². The highest BCUT2D eigenvalue weighted by atomic mass is 79.9. The predicted octanol–water partition coefficient (Wildman–Crippen LogP) is 3.22. The summed E-state index contributed by atoms with van der Waals surface area (Å²) in [5, 5.41) is 0. The Morgan fingerprint density at radius 2 is 1.88 bits per heavy atom. The molecule has 0 bridgehead atoms. The summed E-state index contributed by atoms with van der Waals surface area (Å²) in [4.78, 5) is 23.6. The van der Waals surface area contributed by atoms with E-state index >= 15 is 0 Å². The second-order valence-electron chi connectivity index (χ2n) is 5.08. The van der Waals surface area contributed by atoms with Gasteiger partial charge in [-0.2, -0.15) is 0 Å². The van der Waals surface area contributed by atoms with E-state index in [2.05, 4.69) is 26.8 Å². The minimum atomic E-state index is -0.861. The number of amides is 2. The van der Waals surface area contributed by atoms with Crippen LogP contribution >= 0.6 is 15.9 Å². The fourth-order valence-corrected chi connectivity index (χ4v) is 2.24. The van der Waals surface area contributed by atoms with E-state index in [1.54, 1.807) is 6.08 Å². The summed E-state index contributed by atoms with van der Waals surface area (Å²) >= 11 is 3.34. The van der Waals surface area contributed by atoms with Gasteiger partial charge in [-0.1, -0.05) is 28.1 Å². The van der Waals surface area contributed by atoms with Crippen molar-refractivity contribution in [1.82, 2.24) is 10.9 Å². The van der Waals surface area contributed by atoms with Gasteiger partial charge in [0, 0.05) is 10.5 Å². The van der Waals surface area contributed by atoms with Crippen molar-refractivity contribution in [3.63, 3.8) is 0 Å². The molecule has 2 aromatic carbocycles. The molecule has 2 aromatic rings. The second kappa shape index (κ2) is 8.98. The molecule has 0 radical (unpaired) electrons. The van der Waals surface area contributed by atoms with Gasteiger partial charge in [0.25, 0.3) is 11.8 Å². The lowest BCUT2D eigenvalue weighted by molar-refractivity contribution is -0.131. The van der Waals surface area contributed by atoms with Gasteiger partial charge in [0.15, 0.2) is 6.10 Å². The lowest BCUT2D eigenvalue weighted by Crippen LogP contribution is -2.46. The zero-order chi connectivity index (χ0) is 18.2. The maximum Gasteiger partial charge on any atom is 0.279 e. The lowest BCUT2D eigenvalue weighted by atomic mass is 10.2. The molecule has 2 rings (SSSR count). The molecule has 25 heavy (non-hydrogen) atoms. The molecular weight excluding hydrogens is 391 g/mol. The van der Waals surface area contributed by atoms with Gasteiger partial charge in [-0.3, -0.25) is 20.4 Å². The van der Waals surface area contributed by atoms with Crippen molar-refractivity contribution in [1.29, 1.82) is 0 Å². The SMILES string of the molecule is C[C@@H](Oc1ccc(F)cc1)C(=O)NNC(=O)/C=C/c1cccc(Br)c1. The number of hydrogen-bond acceptors (Lipinski definition) is 3. The fourth-order valence-electron chi connectivity index (χ4n) is 1.82. The van der Waals surface area contributed by atoms with Crippen molar-refractivity contribution in [3.05, 3.63) is 70.5 Å². The van der Waals surface area contributed by atoms with E-state index in [0.29, 0.717) is 5.75 Å². The number of halogens is 2. The summed E-state index contributed by atoms with van der Waals surface area (Å²) in [6, 6.07) is 12.7. The van der Waals surface area contributed by atoms with Crippen LogP contribution in [-0.4, -0.2) is 17.9 Å². The molecule has 2 N–H and O–H groups in total. The first-order valence-corrected chi connectivity index (χ1v) is 8.19. The Bertz CT molecular complexity index is 778. The average molecular weight is 407 g/mol. The smallest absolute Gasteiger partial charge is 0.279 e. The molecule has 7 heteroatoms. The van der Waals surface area contributed by atoms with Gasteiger partial charge in [-0.25, -0.2) is 4.39 Å². The summed E-state index contributed by atoms with van der Waals surface area (Å²) in [5.74, 6) is -1.06. The van der Waals surface area contributed by atoms with Gasteiger partial charge in [0.05, 0.1) is 0 Å². The molecule has 5 nitrogen and oxygen atoms in total. The van der Waals surface area contributed by atoms with E-state index in [1.165, 1.54) is 37.3 Å². The number of hydrogen-bond donors (Lipinski definition) is 2. The van der Waals surface area contributed by atoms with Crippen LogP contribution in [0.1, 0.15) is 12.5 Å². The molecule has 0 fully saturated rings. The molecule has 0 aliphatic rings. The van der Waals surface area contributed by atoms with Gasteiger partial charge in [-0.15, -0.1) is 0 Å². The Kier molecular flexibility index (Phi) is 6.71. The first-order chi connectivity index (χ1) is 11.9. The molecule has 0 spiro atoms. The minimum absolute atomic E-state index is 0.352. The number of benzene rings is 2. The fraction of sp³-hybridized carbons (Fsp3) is 0.111. The number of ether oxygens (including phenoxy) is 1. The van der Waals surface area contributed by atoms with Crippen LogP contribution in [0.25, 0.3) is 6.08 Å². The summed E-state index contributed by atoms with van der Waals surface area (Å²) in [6.45, 7) is 1.52. The van der Waals surface area contributed by atoms with Crippen LogP contribution in [0.5, 0.6) is 5.75 Å². The molecule has 0 aliphatic heterocycles. The van der Waals surface area contributed by atoms with E-state index in [1.807, 2.05) is 24.3 Å². The average Bonchev–Trinajstić information content (AvgIpc) is 2.60. The monoisotopic (exact) mass is 406 g/mol. The van der Waals surface area contributed by atoms with Crippen LogP contribution in [0.4, 0.5) is 4.39 Å². The largest absolute Gasteiger partial charge is 0.481 e. The Labute approximate surface area is 153 Å². The molecule has 130 valence electrons. The second-order valence-corrected chi connectivity index (χ2v) is 6.00. The first kappa shape index (κ1) is 18.7. The molecule has 0 saturated carbocycles. The third kappa shape index (κ3) is 6.39. The number of rotatable bonds is 5. The van der Waals surface area contributed by atoms with Gasteiger partial charge < -0.3 is 4.74 Å². The van der Waals surface area contributed by atoms with Crippen LogP contribution in [0, 0.1) is 5.82 Å². The third-order valence-electron chi connectivity index (χ3n) is 3.08. The van der Waals surface area contributed by atoms with Crippen LogP contribution in [-0.2, 0) is 9.59 Å². The van der Waals surface area contributed by atoms with Crippen LogP contribution in [0.2, 0.25) is 0 Å². The maximum atomic E-state index is 12.8. The van der Waals surface area contributed by atoms with Crippen molar-refractivity contribution in [2.24, 2.45) is 0 Å². The number of nitrogens with one attached hydrogen (secondary N) is 2. The highest BCUT2D eigenvalue weighted by molar-refractivity contribution is 9.10. The summed E-state index contributed by atoms with van der Waals surface area (Å²) < 4.78 is 19.1. The topological polar surface area (TPSA) is 67.4 Å². The molecule has 2 amide bonds. The van der Waals surface area contributed by atoms with Gasteiger partial charge >= 0.3 is 0 Å².